The predicted molar refractivity (Wildman–Crippen MR) is 65.2 cm³/mol. The van der Waals surface area contributed by atoms with E-state index in [9.17, 15) is 9.59 Å². The zero-order valence-electron chi connectivity index (χ0n) is 10.5. The summed E-state index contributed by atoms with van der Waals surface area (Å²) in [4.78, 5) is 24.0. The lowest BCUT2D eigenvalue weighted by Gasteiger charge is -2.31. The molecule has 0 bridgehead atoms. The molecule has 17 heavy (non-hydrogen) atoms. The van der Waals surface area contributed by atoms with Crippen LogP contribution in [-0.2, 0) is 4.74 Å². The van der Waals surface area contributed by atoms with Crippen LogP contribution < -0.4 is 5.32 Å². The average Bonchev–Trinajstić information content (AvgIpc) is 2.15. The molecule has 0 radical (unpaired) electrons. The first-order valence-electron chi connectivity index (χ1n) is 5.72. The smallest absolute Gasteiger partial charge is 0.407 e. The van der Waals surface area contributed by atoms with Gasteiger partial charge in [0.1, 0.15) is 5.60 Å². The lowest BCUT2D eigenvalue weighted by Crippen LogP contribution is -2.46. The third-order valence-corrected chi connectivity index (χ3v) is 2.70. The minimum atomic E-state index is -0.489. The third kappa shape index (κ3) is 5.26. The first-order valence-corrected chi connectivity index (χ1v) is 6.09. The highest BCUT2D eigenvalue weighted by Gasteiger charge is 2.24. The van der Waals surface area contributed by atoms with E-state index in [1.54, 1.807) is 4.90 Å². The first kappa shape index (κ1) is 14.1. The molecule has 0 aromatic carbocycles. The van der Waals surface area contributed by atoms with Crippen molar-refractivity contribution in [3.63, 3.8) is 0 Å². The van der Waals surface area contributed by atoms with Crippen molar-refractivity contribution in [2.75, 3.05) is 13.1 Å². The standard InChI is InChI=1S/C11H19ClN2O3/c1-11(2,3)17-10(16)13-8-4-6-14(7-5-8)9(12)15/h8H,4-7H2,1-3H3,(H,13,16). The molecule has 0 saturated carbocycles. The van der Waals surface area contributed by atoms with Crippen LogP contribution in [0.1, 0.15) is 33.6 Å². The van der Waals surface area contributed by atoms with Gasteiger partial charge in [-0.2, -0.15) is 0 Å². The Labute approximate surface area is 106 Å². The van der Waals surface area contributed by atoms with Crippen LogP contribution in [0.25, 0.3) is 0 Å². The summed E-state index contributed by atoms with van der Waals surface area (Å²) < 4.78 is 5.16. The quantitative estimate of drug-likeness (QED) is 0.583. The number of piperidine rings is 1. The molecule has 5 nitrogen and oxygen atoms in total. The van der Waals surface area contributed by atoms with Crippen LogP contribution in [0.3, 0.4) is 0 Å². The molecular formula is C11H19ClN2O3. The highest BCUT2D eigenvalue weighted by atomic mass is 35.5. The molecule has 0 aromatic rings. The zero-order valence-corrected chi connectivity index (χ0v) is 11.2. The fourth-order valence-corrected chi connectivity index (χ4v) is 1.84. The van der Waals surface area contributed by atoms with E-state index in [0.717, 1.165) is 0 Å². The van der Waals surface area contributed by atoms with E-state index in [0.29, 0.717) is 25.9 Å². The summed E-state index contributed by atoms with van der Waals surface area (Å²) in [5.74, 6) is 0. The lowest BCUT2D eigenvalue weighted by atomic mass is 10.1. The van der Waals surface area contributed by atoms with Gasteiger partial charge in [-0.3, -0.25) is 4.79 Å². The van der Waals surface area contributed by atoms with Crippen LogP contribution >= 0.6 is 11.6 Å². The minimum Gasteiger partial charge on any atom is -0.444 e. The van der Waals surface area contributed by atoms with E-state index >= 15 is 0 Å². The van der Waals surface area contributed by atoms with Crippen LogP contribution in [-0.4, -0.2) is 41.1 Å². The molecular weight excluding hydrogens is 244 g/mol. The van der Waals surface area contributed by atoms with Crippen molar-refractivity contribution >= 4 is 23.1 Å². The zero-order chi connectivity index (χ0) is 13.1. The van der Waals surface area contributed by atoms with Gasteiger partial charge in [0.05, 0.1) is 0 Å². The number of alkyl carbamates (subject to hydrolysis) is 1. The predicted octanol–water partition coefficient (Wildman–Crippen LogP) is 2.33. The average molecular weight is 263 g/mol. The van der Waals surface area contributed by atoms with Gasteiger partial charge >= 0.3 is 11.5 Å². The highest BCUT2D eigenvalue weighted by Crippen LogP contribution is 2.13. The van der Waals surface area contributed by atoms with Gasteiger partial charge in [-0.1, -0.05) is 0 Å². The second-order valence-corrected chi connectivity index (χ2v) is 5.48. The molecule has 6 heteroatoms. The van der Waals surface area contributed by atoms with Crippen molar-refractivity contribution in [3.8, 4) is 0 Å². The first-order chi connectivity index (χ1) is 7.78. The Morgan fingerprint density at radius 3 is 2.24 bits per heavy atom. The van der Waals surface area contributed by atoms with Gasteiger partial charge in [-0.15, -0.1) is 0 Å². The molecule has 1 rings (SSSR count). The van der Waals surface area contributed by atoms with Gasteiger partial charge in [-0.25, -0.2) is 4.79 Å². The maximum Gasteiger partial charge on any atom is 0.407 e. The maximum absolute atomic E-state index is 11.5. The van der Waals surface area contributed by atoms with Crippen LogP contribution in [0, 0.1) is 0 Å². The topological polar surface area (TPSA) is 58.6 Å². The van der Waals surface area contributed by atoms with Gasteiger partial charge < -0.3 is 15.0 Å². The number of amides is 2. The summed E-state index contributed by atoms with van der Waals surface area (Å²) in [6, 6.07) is 0.0529. The lowest BCUT2D eigenvalue weighted by molar-refractivity contribution is 0.0487. The van der Waals surface area contributed by atoms with Crippen molar-refractivity contribution < 1.29 is 14.3 Å². The van der Waals surface area contributed by atoms with E-state index < -0.39 is 17.1 Å². The van der Waals surface area contributed by atoms with Crippen molar-refractivity contribution in [1.29, 1.82) is 0 Å². The number of likely N-dealkylation sites (tertiary alicyclic amines) is 1. The van der Waals surface area contributed by atoms with Crippen LogP contribution in [0.2, 0.25) is 0 Å². The normalized spacial score (nSPS) is 17.8. The second kappa shape index (κ2) is 5.58. The molecule has 0 atom stereocenters. The molecule has 0 unspecified atom stereocenters. The maximum atomic E-state index is 11.5. The molecule has 0 spiro atoms. The van der Waals surface area contributed by atoms with Gasteiger partial charge in [0.25, 0.3) is 0 Å². The van der Waals surface area contributed by atoms with Crippen molar-refractivity contribution in [1.82, 2.24) is 10.2 Å². The highest BCUT2D eigenvalue weighted by molar-refractivity contribution is 6.62. The molecule has 2 amide bonds. The van der Waals surface area contributed by atoms with Crippen molar-refractivity contribution in [3.05, 3.63) is 0 Å². The molecule has 98 valence electrons. The number of hydrogen-bond donors (Lipinski definition) is 1. The second-order valence-electron chi connectivity index (χ2n) is 5.16. The summed E-state index contributed by atoms with van der Waals surface area (Å²) in [7, 11) is 0. The molecule has 1 aliphatic rings. The molecule has 0 aromatic heterocycles. The van der Waals surface area contributed by atoms with E-state index in [-0.39, 0.29) is 6.04 Å². The fraction of sp³-hybridized carbons (Fsp3) is 0.818. The molecule has 1 fully saturated rings. The summed E-state index contributed by atoms with van der Waals surface area (Å²) in [6.45, 7) is 6.61. The molecule has 1 heterocycles. The summed E-state index contributed by atoms with van der Waals surface area (Å²) in [5.41, 5.74) is -0.489. The van der Waals surface area contributed by atoms with Gasteiger partial charge in [0.15, 0.2) is 0 Å². The Balaban J connectivity index is 2.31. The number of nitrogens with zero attached hydrogens (tertiary/aromatic N) is 1. The van der Waals surface area contributed by atoms with Gasteiger partial charge in [0.2, 0.25) is 0 Å². The Morgan fingerprint density at radius 1 is 1.29 bits per heavy atom. The summed E-state index contributed by atoms with van der Waals surface area (Å²) in [5, 5.41) is 2.36. The Morgan fingerprint density at radius 2 is 1.82 bits per heavy atom. The number of carbonyl (C=O) groups is 2. The van der Waals surface area contributed by atoms with Gasteiger partial charge in [0, 0.05) is 19.1 Å². The monoisotopic (exact) mass is 262 g/mol. The number of nitrogens with one attached hydrogen (secondary N) is 1. The van der Waals surface area contributed by atoms with E-state index in [1.165, 1.54) is 0 Å². The van der Waals surface area contributed by atoms with Crippen LogP contribution in [0.15, 0.2) is 0 Å². The molecule has 1 saturated heterocycles. The van der Waals surface area contributed by atoms with Crippen molar-refractivity contribution in [2.24, 2.45) is 0 Å². The Hall–Kier alpha value is -0.970. The van der Waals surface area contributed by atoms with E-state index in [1.807, 2.05) is 20.8 Å². The number of rotatable bonds is 1. The molecule has 1 N–H and O–H groups in total. The molecule has 0 aliphatic carbocycles. The minimum absolute atomic E-state index is 0.0529. The fourth-order valence-electron chi connectivity index (χ4n) is 1.67. The van der Waals surface area contributed by atoms with E-state index in [2.05, 4.69) is 5.32 Å². The number of ether oxygens (including phenoxy) is 1. The number of halogens is 1. The number of hydrogen-bond acceptors (Lipinski definition) is 3. The largest absolute Gasteiger partial charge is 0.444 e. The molecule has 1 aliphatic heterocycles. The number of carbonyl (C=O) groups excluding carboxylic acids is 2. The summed E-state index contributed by atoms with van der Waals surface area (Å²) in [6.07, 6.45) is 1.00. The Bertz CT molecular complexity index is 294. The van der Waals surface area contributed by atoms with Crippen LogP contribution in [0.5, 0.6) is 0 Å². The van der Waals surface area contributed by atoms with Gasteiger partial charge in [-0.05, 0) is 45.2 Å². The SMILES string of the molecule is CC(C)(C)OC(=O)NC1CCN(C(=O)Cl)CC1. The third-order valence-electron chi connectivity index (χ3n) is 2.46. The van der Waals surface area contributed by atoms with E-state index in [4.69, 9.17) is 16.3 Å². The van der Waals surface area contributed by atoms with Crippen molar-refractivity contribution in [2.45, 2.75) is 45.3 Å². The summed E-state index contributed by atoms with van der Waals surface area (Å²) >= 11 is 5.37. The Kier molecular flexibility index (Phi) is 4.62. The van der Waals surface area contributed by atoms with Crippen LogP contribution in [0.4, 0.5) is 9.59 Å².